The van der Waals surface area contributed by atoms with Crippen LogP contribution in [0.4, 0.5) is 4.39 Å². The minimum absolute atomic E-state index is 0.231. The van der Waals surface area contributed by atoms with Crippen molar-refractivity contribution in [3.63, 3.8) is 0 Å². The lowest BCUT2D eigenvalue weighted by Gasteiger charge is -2.12. The second kappa shape index (κ2) is 9.21. The van der Waals surface area contributed by atoms with E-state index in [1.165, 1.54) is 6.07 Å². The Labute approximate surface area is 199 Å². The Bertz CT molecular complexity index is 1400. The van der Waals surface area contributed by atoms with Crippen LogP contribution >= 0.6 is 23.4 Å². The average molecular weight is 476 g/mol. The second-order valence-corrected chi connectivity index (χ2v) is 8.84. The molecule has 0 radical (unpaired) electrons. The molecule has 5 rings (SSSR count). The quantitative estimate of drug-likeness (QED) is 0.277. The number of imidazole rings is 1. The van der Waals surface area contributed by atoms with E-state index in [0.29, 0.717) is 22.2 Å². The van der Waals surface area contributed by atoms with E-state index < -0.39 is 0 Å². The number of nitrogens with zero attached hydrogens (tertiary/aromatic N) is 4. The van der Waals surface area contributed by atoms with Crippen LogP contribution in [-0.2, 0) is 5.75 Å². The molecule has 33 heavy (non-hydrogen) atoms. The van der Waals surface area contributed by atoms with E-state index in [2.05, 4.69) is 20.2 Å². The van der Waals surface area contributed by atoms with Gasteiger partial charge in [-0.1, -0.05) is 53.7 Å². The smallest absolute Gasteiger partial charge is 0.181 e. The number of halogens is 2. The van der Waals surface area contributed by atoms with Crippen LogP contribution in [0.25, 0.3) is 28.3 Å². The van der Waals surface area contributed by atoms with Crippen LogP contribution in [0, 0.1) is 12.7 Å². The predicted molar refractivity (Wildman–Crippen MR) is 130 cm³/mol. The topological polar surface area (TPSA) is 59.4 Å². The van der Waals surface area contributed by atoms with Gasteiger partial charge in [-0.3, -0.25) is 9.67 Å². The highest BCUT2D eigenvalue weighted by Gasteiger charge is 2.16. The number of H-pyrrole nitrogens is 1. The Morgan fingerprint density at radius 2 is 1.79 bits per heavy atom. The summed E-state index contributed by atoms with van der Waals surface area (Å²) in [6.07, 6.45) is 1.80. The lowest BCUT2D eigenvalue weighted by Crippen LogP contribution is -2.00. The van der Waals surface area contributed by atoms with Crippen molar-refractivity contribution in [2.45, 2.75) is 17.8 Å². The molecule has 0 aliphatic heterocycles. The van der Waals surface area contributed by atoms with Crippen molar-refractivity contribution in [2.75, 3.05) is 0 Å². The summed E-state index contributed by atoms with van der Waals surface area (Å²) < 4.78 is 15.9. The molecule has 164 valence electrons. The van der Waals surface area contributed by atoms with Crippen molar-refractivity contribution < 1.29 is 4.39 Å². The Morgan fingerprint density at radius 3 is 2.55 bits per heavy atom. The first kappa shape index (κ1) is 21.4. The van der Waals surface area contributed by atoms with Crippen molar-refractivity contribution in [3.8, 4) is 28.3 Å². The molecule has 0 atom stereocenters. The van der Waals surface area contributed by atoms with Crippen LogP contribution in [0.2, 0.25) is 5.02 Å². The summed E-state index contributed by atoms with van der Waals surface area (Å²) in [4.78, 5) is 9.27. The van der Waals surface area contributed by atoms with Crippen LogP contribution in [0.15, 0.2) is 84.1 Å². The van der Waals surface area contributed by atoms with Crippen molar-refractivity contribution >= 4 is 23.4 Å². The lowest BCUT2D eigenvalue weighted by molar-refractivity contribution is 0.618. The van der Waals surface area contributed by atoms with Crippen molar-refractivity contribution in [1.29, 1.82) is 0 Å². The van der Waals surface area contributed by atoms with Gasteiger partial charge in [-0.05, 0) is 55.0 Å². The second-order valence-electron chi connectivity index (χ2n) is 7.46. The van der Waals surface area contributed by atoms with E-state index in [9.17, 15) is 4.39 Å². The zero-order valence-corrected chi connectivity index (χ0v) is 19.2. The highest BCUT2D eigenvalue weighted by Crippen LogP contribution is 2.32. The highest BCUT2D eigenvalue weighted by atomic mass is 35.5. The van der Waals surface area contributed by atoms with E-state index in [4.69, 9.17) is 11.6 Å². The van der Waals surface area contributed by atoms with Crippen molar-refractivity contribution in [2.24, 2.45) is 0 Å². The van der Waals surface area contributed by atoms with Gasteiger partial charge in [-0.2, -0.15) is 5.10 Å². The molecular formula is C25H19ClFN5S. The molecule has 3 aromatic carbocycles. The van der Waals surface area contributed by atoms with Gasteiger partial charge in [0.15, 0.2) is 11.0 Å². The molecule has 0 bridgehead atoms. The molecule has 0 saturated carbocycles. The van der Waals surface area contributed by atoms with Crippen LogP contribution < -0.4 is 0 Å². The summed E-state index contributed by atoms with van der Waals surface area (Å²) in [5.41, 5.74) is 4.21. The fourth-order valence-corrected chi connectivity index (χ4v) is 4.47. The van der Waals surface area contributed by atoms with Gasteiger partial charge in [0.1, 0.15) is 11.6 Å². The zero-order valence-electron chi connectivity index (χ0n) is 17.7. The number of thioether (sulfide) groups is 1. The summed E-state index contributed by atoms with van der Waals surface area (Å²) in [7, 11) is 0. The van der Waals surface area contributed by atoms with E-state index in [0.717, 1.165) is 33.5 Å². The van der Waals surface area contributed by atoms with E-state index in [1.807, 2.05) is 65.2 Å². The standard InChI is InChI=1S/C25H19ClFN5S/c1-16-13-18(7-12-21(16)27)22-14-28-25(32(22)20-10-8-19(26)9-11-20)33-15-23-29-24(31-30-23)17-5-3-2-4-6-17/h2-14H,15H2,1H3,(H,29,30,31). The van der Waals surface area contributed by atoms with Gasteiger partial charge in [-0.15, -0.1) is 0 Å². The molecule has 0 spiro atoms. The normalized spacial score (nSPS) is 11.1. The average Bonchev–Trinajstić information content (AvgIpc) is 3.48. The number of aryl methyl sites for hydroxylation is 1. The maximum absolute atomic E-state index is 13.9. The number of benzene rings is 3. The van der Waals surface area contributed by atoms with Crippen molar-refractivity contribution in [1.82, 2.24) is 24.7 Å². The molecular weight excluding hydrogens is 457 g/mol. The number of aromatic nitrogens is 5. The first-order valence-electron chi connectivity index (χ1n) is 10.3. The number of hydrogen-bond donors (Lipinski definition) is 1. The third kappa shape index (κ3) is 4.55. The number of rotatable bonds is 6. The molecule has 5 aromatic rings. The summed E-state index contributed by atoms with van der Waals surface area (Å²) in [5.74, 6) is 1.75. The fraction of sp³-hybridized carbons (Fsp3) is 0.0800. The monoisotopic (exact) mass is 475 g/mol. The van der Waals surface area contributed by atoms with Crippen LogP contribution in [0.3, 0.4) is 0 Å². The first-order chi connectivity index (χ1) is 16.1. The lowest BCUT2D eigenvalue weighted by atomic mass is 10.1. The molecule has 0 fully saturated rings. The molecule has 0 aliphatic carbocycles. The van der Waals surface area contributed by atoms with E-state index in [-0.39, 0.29) is 5.82 Å². The first-order valence-corrected chi connectivity index (χ1v) is 11.6. The van der Waals surface area contributed by atoms with E-state index in [1.54, 1.807) is 30.9 Å². The van der Waals surface area contributed by atoms with Crippen LogP contribution in [0.1, 0.15) is 11.4 Å². The summed E-state index contributed by atoms with van der Waals surface area (Å²) >= 11 is 7.65. The third-order valence-electron chi connectivity index (χ3n) is 5.17. The van der Waals surface area contributed by atoms with Gasteiger partial charge in [-0.25, -0.2) is 14.4 Å². The largest absolute Gasteiger partial charge is 0.287 e. The molecule has 0 unspecified atom stereocenters. The molecule has 1 N–H and O–H groups in total. The Balaban J connectivity index is 1.47. The third-order valence-corrected chi connectivity index (χ3v) is 6.39. The zero-order chi connectivity index (χ0) is 22.8. The van der Waals surface area contributed by atoms with Gasteiger partial charge in [0.25, 0.3) is 0 Å². The summed E-state index contributed by atoms with van der Waals surface area (Å²) in [6, 6.07) is 22.5. The minimum atomic E-state index is -0.231. The molecule has 8 heteroatoms. The minimum Gasteiger partial charge on any atom is -0.287 e. The van der Waals surface area contributed by atoms with Crippen molar-refractivity contribution in [3.05, 3.63) is 101 Å². The Kier molecular flexibility index (Phi) is 5.98. The number of nitrogens with one attached hydrogen (secondary N) is 1. The maximum Gasteiger partial charge on any atom is 0.181 e. The molecule has 0 aliphatic rings. The molecule has 2 aromatic heterocycles. The predicted octanol–water partition coefficient (Wildman–Crippen LogP) is 6.72. The number of hydrogen-bond acceptors (Lipinski definition) is 4. The molecule has 0 amide bonds. The van der Waals surface area contributed by atoms with Crippen LogP contribution in [0.5, 0.6) is 0 Å². The fourth-order valence-electron chi connectivity index (χ4n) is 3.49. The number of aromatic amines is 1. The van der Waals surface area contributed by atoms with Gasteiger partial charge in [0, 0.05) is 21.8 Å². The maximum atomic E-state index is 13.9. The Morgan fingerprint density at radius 1 is 1.00 bits per heavy atom. The highest BCUT2D eigenvalue weighted by molar-refractivity contribution is 7.98. The summed E-state index contributed by atoms with van der Waals surface area (Å²) in [5, 5.41) is 8.79. The molecule has 5 nitrogen and oxygen atoms in total. The van der Waals surface area contributed by atoms with Gasteiger partial charge in [0.05, 0.1) is 17.6 Å². The molecule has 0 saturated heterocycles. The Hall–Kier alpha value is -3.42. The van der Waals surface area contributed by atoms with Crippen LogP contribution in [-0.4, -0.2) is 24.7 Å². The summed E-state index contributed by atoms with van der Waals surface area (Å²) in [6.45, 7) is 1.76. The van der Waals surface area contributed by atoms with Gasteiger partial charge in [0.2, 0.25) is 0 Å². The molecule has 2 heterocycles. The van der Waals surface area contributed by atoms with Gasteiger partial charge >= 0.3 is 0 Å². The van der Waals surface area contributed by atoms with Gasteiger partial charge < -0.3 is 0 Å². The van der Waals surface area contributed by atoms with E-state index >= 15 is 0 Å². The SMILES string of the molecule is Cc1cc(-c2cnc(SCc3nc(-c4ccccc4)n[nH]3)n2-c2ccc(Cl)cc2)ccc1F.